The Morgan fingerprint density at radius 1 is 1.35 bits per heavy atom. The van der Waals surface area contributed by atoms with Crippen LogP contribution in [0, 0.1) is 41.9 Å². The smallest absolute Gasteiger partial charge is 0.351 e. The normalized spacial score (nSPS) is 20.8. The van der Waals surface area contributed by atoms with Gasteiger partial charge in [0.25, 0.3) is 0 Å². The molecule has 1 aliphatic heterocycles. The fourth-order valence-electron chi connectivity index (χ4n) is 4.41. The molecule has 200 valence electrons. The molecule has 1 aliphatic rings. The van der Waals surface area contributed by atoms with Crippen LogP contribution in [0.4, 0.5) is 5.82 Å². The molecule has 5 atom stereocenters. The predicted molar refractivity (Wildman–Crippen MR) is 145 cm³/mol. The first-order valence-corrected chi connectivity index (χ1v) is 14.0. The van der Waals surface area contributed by atoms with Crippen LogP contribution in [0.15, 0.2) is 17.1 Å². The number of nitrogens with zero attached hydrogens (tertiary/aromatic N) is 4. The van der Waals surface area contributed by atoms with Crippen molar-refractivity contribution in [3.63, 3.8) is 0 Å². The molecule has 10 heteroatoms. The highest BCUT2D eigenvalue weighted by atomic mass is 31.2. The van der Waals surface area contributed by atoms with Crippen molar-refractivity contribution in [3.8, 4) is 30.8 Å². The third kappa shape index (κ3) is 8.39. The van der Waals surface area contributed by atoms with Crippen LogP contribution >= 0.6 is 8.30 Å². The lowest BCUT2D eigenvalue weighted by atomic mass is 10.1. The Balaban J connectivity index is 2.29. The molecule has 1 N–H and O–H groups in total. The number of nitrogens with one attached hydrogen (secondary N) is 1. The number of aromatic nitrogens is 2. The molecule has 0 aliphatic carbocycles. The van der Waals surface area contributed by atoms with E-state index in [2.05, 4.69) is 67.5 Å². The summed E-state index contributed by atoms with van der Waals surface area (Å²) >= 11 is 0. The van der Waals surface area contributed by atoms with Gasteiger partial charge < -0.3 is 14.6 Å². The molecule has 0 radical (unpaired) electrons. The van der Waals surface area contributed by atoms with Crippen molar-refractivity contribution in [2.45, 2.75) is 96.8 Å². The number of amides is 1. The van der Waals surface area contributed by atoms with Crippen molar-refractivity contribution in [2.75, 3.05) is 11.9 Å². The molecule has 0 aromatic carbocycles. The van der Waals surface area contributed by atoms with Gasteiger partial charge >= 0.3 is 5.69 Å². The van der Waals surface area contributed by atoms with Gasteiger partial charge in [-0.1, -0.05) is 6.92 Å². The second-order valence-corrected chi connectivity index (χ2v) is 11.5. The van der Waals surface area contributed by atoms with E-state index < -0.39 is 20.2 Å². The van der Waals surface area contributed by atoms with Gasteiger partial charge in [0, 0.05) is 49.6 Å². The van der Waals surface area contributed by atoms with E-state index >= 15 is 0 Å². The van der Waals surface area contributed by atoms with Crippen molar-refractivity contribution in [1.82, 2.24) is 14.2 Å². The van der Waals surface area contributed by atoms with Crippen LogP contribution in [0.2, 0.25) is 0 Å². The SMILES string of the molecule is C#CCCC(=O)Nc1ccn([C@H]2C[C@@H](P(OCC(C#N)CC#C)N(C(C)C)C(C)C)[C@@H](CC)O2)c(=O)n1. The Morgan fingerprint density at radius 3 is 2.59 bits per heavy atom. The molecule has 0 bridgehead atoms. The van der Waals surface area contributed by atoms with E-state index in [1.807, 2.05) is 0 Å². The van der Waals surface area contributed by atoms with E-state index in [1.165, 1.54) is 4.57 Å². The summed E-state index contributed by atoms with van der Waals surface area (Å²) < 4.78 is 16.6. The zero-order chi connectivity index (χ0) is 27.5. The molecule has 2 heterocycles. The average Bonchev–Trinajstić information content (AvgIpc) is 3.27. The molecular formula is C27H38N5O4P. The van der Waals surface area contributed by atoms with Crippen LogP contribution < -0.4 is 11.0 Å². The van der Waals surface area contributed by atoms with Crippen LogP contribution in [0.25, 0.3) is 0 Å². The summed E-state index contributed by atoms with van der Waals surface area (Å²) in [5, 5.41) is 12.1. The molecule has 1 amide bonds. The number of hydrogen-bond donors (Lipinski definition) is 1. The summed E-state index contributed by atoms with van der Waals surface area (Å²) in [5.74, 6) is 4.46. The molecule has 1 fully saturated rings. The lowest BCUT2D eigenvalue weighted by molar-refractivity contribution is -0.116. The molecule has 1 aromatic heterocycles. The zero-order valence-electron chi connectivity index (χ0n) is 22.4. The van der Waals surface area contributed by atoms with Crippen LogP contribution in [-0.2, 0) is 14.1 Å². The Kier molecular flexibility index (Phi) is 12.3. The Bertz CT molecular complexity index is 1080. The first-order valence-electron chi connectivity index (χ1n) is 12.7. The second kappa shape index (κ2) is 14.9. The minimum atomic E-state index is -1.17. The fraction of sp³-hybridized carbons (Fsp3) is 0.630. The van der Waals surface area contributed by atoms with Crippen LogP contribution in [0.3, 0.4) is 0 Å². The third-order valence-electron chi connectivity index (χ3n) is 6.03. The molecule has 0 spiro atoms. The second-order valence-electron chi connectivity index (χ2n) is 9.50. The van der Waals surface area contributed by atoms with Gasteiger partial charge in [-0.2, -0.15) is 10.2 Å². The number of carbonyl (C=O) groups is 1. The number of ether oxygens (including phenoxy) is 1. The van der Waals surface area contributed by atoms with E-state index in [-0.39, 0.29) is 54.5 Å². The Morgan fingerprint density at radius 2 is 2.05 bits per heavy atom. The summed E-state index contributed by atoms with van der Waals surface area (Å²) in [6, 6.07) is 4.24. The van der Waals surface area contributed by atoms with Crippen molar-refractivity contribution >= 4 is 20.0 Å². The van der Waals surface area contributed by atoms with Crippen LogP contribution in [0.5, 0.6) is 0 Å². The minimum absolute atomic E-state index is 0.00928. The highest BCUT2D eigenvalue weighted by Crippen LogP contribution is 2.56. The monoisotopic (exact) mass is 527 g/mol. The van der Waals surface area contributed by atoms with Gasteiger partial charge in [-0.3, -0.25) is 14.0 Å². The van der Waals surface area contributed by atoms with Gasteiger partial charge in [0.05, 0.1) is 24.7 Å². The molecule has 1 saturated heterocycles. The summed E-state index contributed by atoms with van der Waals surface area (Å²) in [6.07, 6.45) is 13.7. The average molecular weight is 528 g/mol. The van der Waals surface area contributed by atoms with Gasteiger partial charge in [-0.25, -0.2) is 4.79 Å². The first-order chi connectivity index (χ1) is 17.7. The molecular weight excluding hydrogens is 489 g/mol. The minimum Gasteiger partial charge on any atom is -0.354 e. The highest BCUT2D eigenvalue weighted by Gasteiger charge is 2.45. The number of carbonyl (C=O) groups excluding carboxylic acids is 1. The van der Waals surface area contributed by atoms with Gasteiger partial charge in [0.1, 0.15) is 20.3 Å². The maximum absolute atomic E-state index is 12.9. The van der Waals surface area contributed by atoms with Crippen molar-refractivity contribution < 1.29 is 14.1 Å². The Labute approximate surface area is 221 Å². The van der Waals surface area contributed by atoms with E-state index in [4.69, 9.17) is 22.1 Å². The summed E-state index contributed by atoms with van der Waals surface area (Å²) in [7, 11) is -1.17. The fourth-order valence-corrected chi connectivity index (χ4v) is 7.25. The zero-order valence-corrected chi connectivity index (χ0v) is 23.3. The lowest BCUT2D eigenvalue weighted by Gasteiger charge is -2.41. The molecule has 0 saturated carbocycles. The number of anilines is 1. The lowest BCUT2D eigenvalue weighted by Crippen LogP contribution is -2.38. The van der Waals surface area contributed by atoms with Crippen molar-refractivity contribution in [2.24, 2.45) is 5.92 Å². The summed E-state index contributed by atoms with van der Waals surface area (Å²) in [6.45, 7) is 10.8. The predicted octanol–water partition coefficient (Wildman–Crippen LogP) is 4.27. The maximum Gasteiger partial charge on any atom is 0.351 e. The number of terminal acetylenes is 2. The number of rotatable bonds is 13. The number of hydrogen-bond acceptors (Lipinski definition) is 7. The van der Waals surface area contributed by atoms with Crippen LogP contribution in [0.1, 0.15) is 73.0 Å². The summed E-state index contributed by atoms with van der Waals surface area (Å²) in [4.78, 5) is 28.8. The van der Waals surface area contributed by atoms with Gasteiger partial charge in [-0.05, 0) is 40.2 Å². The molecule has 9 nitrogen and oxygen atoms in total. The molecule has 37 heavy (non-hydrogen) atoms. The largest absolute Gasteiger partial charge is 0.354 e. The number of nitriles is 1. The van der Waals surface area contributed by atoms with E-state index in [1.54, 1.807) is 12.3 Å². The van der Waals surface area contributed by atoms with E-state index in [0.717, 1.165) is 6.42 Å². The topological polar surface area (TPSA) is 109 Å². The van der Waals surface area contributed by atoms with E-state index in [9.17, 15) is 14.9 Å². The van der Waals surface area contributed by atoms with Crippen LogP contribution in [-0.4, -0.2) is 50.6 Å². The third-order valence-corrected chi connectivity index (χ3v) is 8.94. The molecule has 1 aromatic rings. The van der Waals surface area contributed by atoms with E-state index in [0.29, 0.717) is 19.3 Å². The first kappa shape index (κ1) is 30.5. The summed E-state index contributed by atoms with van der Waals surface area (Å²) in [5.41, 5.74) is -0.501. The molecule has 2 unspecified atom stereocenters. The van der Waals surface area contributed by atoms with Crippen molar-refractivity contribution in [3.05, 3.63) is 22.7 Å². The molecule has 2 rings (SSSR count). The highest BCUT2D eigenvalue weighted by molar-refractivity contribution is 7.51. The van der Waals surface area contributed by atoms with Gasteiger partial charge in [0.15, 0.2) is 0 Å². The standard InChI is InChI=1S/C27H38N5O4P/c1-8-11-13-25(33)29-24-14-15-31(27(34)30-24)26-16-23(22(10-3)36-26)37(32(19(4)5)20(6)7)35-18-21(17-28)12-9-2/h1-2,14-15,19-23,26H,10-13,16,18H2,3-7H3,(H,29,30,33,34)/t21?,22-,23-,26-,37?/m1/s1. The maximum atomic E-state index is 12.9. The Hall–Kier alpha value is -2.73. The quantitative estimate of drug-likeness (QED) is 0.301. The van der Waals surface area contributed by atoms with Gasteiger partial charge in [0.2, 0.25) is 5.91 Å². The van der Waals surface area contributed by atoms with Gasteiger partial charge in [-0.15, -0.1) is 24.7 Å². The van der Waals surface area contributed by atoms with Crippen molar-refractivity contribution in [1.29, 1.82) is 5.26 Å².